The Hall–Kier alpha value is -2.16. The van der Waals surface area contributed by atoms with Crippen molar-refractivity contribution >= 4 is 41.0 Å². The standard InChI is InChI=1S/C18H22N4O3S/c1-13-4-2-3-5-15(13)22-17(24)14(16(23)20-18(22)26)12-19-6-7-21-8-10-25-11-9-21/h2-5,12,14H,6-11H2,1H3,(H,20,23,26)/t14-/m1/s1. The second-order valence-corrected chi connectivity index (χ2v) is 6.63. The monoisotopic (exact) mass is 374 g/mol. The Labute approximate surface area is 158 Å². The summed E-state index contributed by atoms with van der Waals surface area (Å²) in [5.41, 5.74) is 1.58. The number of carbonyl (C=O) groups is 2. The topological polar surface area (TPSA) is 74.2 Å². The quantitative estimate of drug-likeness (QED) is 0.468. The van der Waals surface area contributed by atoms with Crippen LogP contribution < -0.4 is 10.2 Å². The summed E-state index contributed by atoms with van der Waals surface area (Å²) in [6.45, 7) is 6.44. The van der Waals surface area contributed by atoms with E-state index in [1.807, 2.05) is 31.2 Å². The fourth-order valence-electron chi connectivity index (χ4n) is 2.97. The van der Waals surface area contributed by atoms with Crippen molar-refractivity contribution in [3.63, 3.8) is 0 Å². The maximum atomic E-state index is 12.9. The molecule has 8 heteroatoms. The van der Waals surface area contributed by atoms with Gasteiger partial charge in [-0.15, -0.1) is 0 Å². The Balaban J connectivity index is 1.67. The number of hydrogen-bond donors (Lipinski definition) is 1. The van der Waals surface area contributed by atoms with Gasteiger partial charge in [-0.2, -0.15) is 0 Å². The number of morpholine rings is 1. The van der Waals surface area contributed by atoms with Gasteiger partial charge in [0.05, 0.1) is 25.4 Å². The van der Waals surface area contributed by atoms with Gasteiger partial charge in [-0.3, -0.25) is 24.4 Å². The molecular weight excluding hydrogens is 352 g/mol. The summed E-state index contributed by atoms with van der Waals surface area (Å²) in [5.74, 6) is -1.77. The Kier molecular flexibility index (Phi) is 6.08. The van der Waals surface area contributed by atoms with Crippen molar-refractivity contribution in [2.24, 2.45) is 10.9 Å². The van der Waals surface area contributed by atoms with Crippen LogP contribution >= 0.6 is 12.2 Å². The molecule has 2 aliphatic rings. The van der Waals surface area contributed by atoms with Gasteiger partial charge in [-0.1, -0.05) is 18.2 Å². The van der Waals surface area contributed by atoms with Gasteiger partial charge in [0.15, 0.2) is 11.0 Å². The summed E-state index contributed by atoms with van der Waals surface area (Å²) in [6, 6.07) is 7.43. The minimum atomic E-state index is -0.967. The van der Waals surface area contributed by atoms with Gasteiger partial charge >= 0.3 is 0 Å². The summed E-state index contributed by atoms with van der Waals surface area (Å²) in [7, 11) is 0. The van der Waals surface area contributed by atoms with E-state index in [9.17, 15) is 9.59 Å². The van der Waals surface area contributed by atoms with E-state index in [2.05, 4.69) is 15.2 Å². The molecule has 0 saturated carbocycles. The zero-order valence-corrected chi connectivity index (χ0v) is 15.5. The normalized spacial score (nSPS) is 22.1. The van der Waals surface area contributed by atoms with Gasteiger partial charge in [0.1, 0.15) is 0 Å². The van der Waals surface area contributed by atoms with Crippen molar-refractivity contribution in [1.29, 1.82) is 0 Å². The maximum Gasteiger partial charge on any atom is 0.251 e. The lowest BCUT2D eigenvalue weighted by Crippen LogP contribution is -2.58. The minimum absolute atomic E-state index is 0.104. The molecule has 2 amide bonds. The maximum absolute atomic E-state index is 12.9. The Morgan fingerprint density at radius 3 is 2.77 bits per heavy atom. The lowest BCUT2D eigenvalue weighted by atomic mass is 10.0. The molecule has 26 heavy (non-hydrogen) atoms. The van der Waals surface area contributed by atoms with Gasteiger partial charge in [0, 0.05) is 25.8 Å². The van der Waals surface area contributed by atoms with Crippen molar-refractivity contribution in [3.05, 3.63) is 29.8 Å². The third-order valence-electron chi connectivity index (χ3n) is 4.46. The number of carbonyl (C=O) groups excluding carboxylic acids is 2. The van der Waals surface area contributed by atoms with E-state index >= 15 is 0 Å². The van der Waals surface area contributed by atoms with Crippen LogP contribution in [0.25, 0.3) is 0 Å². The Morgan fingerprint density at radius 1 is 1.31 bits per heavy atom. The second kappa shape index (κ2) is 8.48. The van der Waals surface area contributed by atoms with Crippen LogP contribution in [0.15, 0.2) is 29.3 Å². The fourth-order valence-corrected chi connectivity index (χ4v) is 3.26. The third-order valence-corrected chi connectivity index (χ3v) is 4.75. The van der Waals surface area contributed by atoms with Crippen molar-refractivity contribution in [3.8, 4) is 0 Å². The first kappa shape index (κ1) is 18.6. The summed E-state index contributed by atoms with van der Waals surface area (Å²) >= 11 is 5.21. The molecule has 1 aromatic rings. The molecular formula is C18H22N4O3S. The van der Waals surface area contributed by atoms with Gasteiger partial charge in [0.25, 0.3) is 5.91 Å². The van der Waals surface area contributed by atoms with Crippen molar-refractivity contribution in [1.82, 2.24) is 10.2 Å². The van der Waals surface area contributed by atoms with Gasteiger partial charge in [-0.25, -0.2) is 0 Å². The lowest BCUT2D eigenvalue weighted by Gasteiger charge is -2.31. The number of aliphatic imine (C=N–C) groups is 1. The molecule has 1 aromatic carbocycles. The number of thiocarbonyl (C=S) groups is 1. The van der Waals surface area contributed by atoms with E-state index in [0.717, 1.165) is 38.4 Å². The average Bonchev–Trinajstić information content (AvgIpc) is 2.63. The zero-order valence-electron chi connectivity index (χ0n) is 14.7. The number of rotatable bonds is 5. The van der Waals surface area contributed by atoms with E-state index in [1.165, 1.54) is 11.1 Å². The first-order chi connectivity index (χ1) is 12.6. The van der Waals surface area contributed by atoms with Crippen LogP contribution in [-0.2, 0) is 14.3 Å². The van der Waals surface area contributed by atoms with E-state index in [4.69, 9.17) is 17.0 Å². The van der Waals surface area contributed by atoms with Crippen LogP contribution in [-0.4, -0.2) is 67.4 Å². The largest absolute Gasteiger partial charge is 0.379 e. The third kappa shape index (κ3) is 4.14. The molecule has 2 heterocycles. The van der Waals surface area contributed by atoms with E-state index in [0.29, 0.717) is 12.2 Å². The predicted molar refractivity (Wildman–Crippen MR) is 104 cm³/mol. The highest BCUT2D eigenvalue weighted by Crippen LogP contribution is 2.23. The molecule has 0 unspecified atom stereocenters. The Bertz CT molecular complexity index is 731. The molecule has 0 spiro atoms. The minimum Gasteiger partial charge on any atom is -0.379 e. The van der Waals surface area contributed by atoms with Gasteiger partial charge < -0.3 is 10.1 Å². The number of nitrogens with zero attached hydrogens (tertiary/aromatic N) is 3. The van der Waals surface area contributed by atoms with Gasteiger partial charge in [0.2, 0.25) is 5.91 Å². The first-order valence-electron chi connectivity index (χ1n) is 8.62. The molecule has 0 radical (unpaired) electrons. The van der Waals surface area contributed by atoms with Crippen LogP contribution in [0, 0.1) is 12.8 Å². The molecule has 138 valence electrons. The molecule has 2 aliphatic heterocycles. The fraction of sp³-hybridized carbons (Fsp3) is 0.444. The van der Waals surface area contributed by atoms with Crippen molar-refractivity contribution < 1.29 is 14.3 Å². The number of hydrogen-bond acceptors (Lipinski definition) is 6. The zero-order chi connectivity index (χ0) is 18.5. The number of benzene rings is 1. The van der Waals surface area contributed by atoms with Crippen molar-refractivity contribution in [2.45, 2.75) is 6.92 Å². The molecule has 7 nitrogen and oxygen atoms in total. The Morgan fingerprint density at radius 2 is 2.04 bits per heavy atom. The number of amides is 2. The smallest absolute Gasteiger partial charge is 0.251 e. The summed E-state index contributed by atoms with van der Waals surface area (Å²) < 4.78 is 5.31. The average molecular weight is 374 g/mol. The SMILES string of the molecule is Cc1ccccc1N1C(=O)[C@H](C=NCCN2CCOCC2)C(=O)NC1=S. The number of nitrogens with one attached hydrogen (secondary N) is 1. The molecule has 3 rings (SSSR count). The van der Waals surface area contributed by atoms with Gasteiger partial charge in [-0.05, 0) is 30.8 Å². The second-order valence-electron chi connectivity index (χ2n) is 6.24. The molecule has 2 saturated heterocycles. The highest BCUT2D eigenvalue weighted by Gasteiger charge is 2.38. The molecule has 0 aromatic heterocycles. The van der Waals surface area contributed by atoms with Crippen LogP contribution in [0.4, 0.5) is 5.69 Å². The molecule has 0 bridgehead atoms. The highest BCUT2D eigenvalue weighted by atomic mass is 32.1. The van der Waals surface area contributed by atoms with E-state index in [-0.39, 0.29) is 11.0 Å². The van der Waals surface area contributed by atoms with Crippen LogP contribution in [0.1, 0.15) is 5.56 Å². The van der Waals surface area contributed by atoms with Crippen molar-refractivity contribution in [2.75, 3.05) is 44.3 Å². The van der Waals surface area contributed by atoms with Crippen LogP contribution in [0.2, 0.25) is 0 Å². The number of anilines is 1. The summed E-state index contributed by atoms with van der Waals surface area (Å²) in [5, 5.41) is 2.71. The predicted octanol–water partition coefficient (Wildman–Crippen LogP) is 0.762. The van der Waals surface area contributed by atoms with Crippen LogP contribution in [0.5, 0.6) is 0 Å². The molecule has 1 N–H and O–H groups in total. The number of ether oxygens (including phenoxy) is 1. The molecule has 2 fully saturated rings. The first-order valence-corrected chi connectivity index (χ1v) is 9.03. The van der Waals surface area contributed by atoms with E-state index < -0.39 is 11.8 Å². The lowest BCUT2D eigenvalue weighted by molar-refractivity contribution is -0.130. The number of para-hydroxylation sites is 1. The van der Waals surface area contributed by atoms with Crippen LogP contribution in [0.3, 0.4) is 0 Å². The summed E-state index contributed by atoms with van der Waals surface area (Å²) in [6.07, 6.45) is 1.44. The summed E-state index contributed by atoms with van der Waals surface area (Å²) in [4.78, 5) is 33.0. The number of aryl methyl sites for hydroxylation is 1. The molecule has 0 aliphatic carbocycles. The molecule has 1 atom stereocenters. The van der Waals surface area contributed by atoms with E-state index in [1.54, 1.807) is 0 Å². The highest BCUT2D eigenvalue weighted by molar-refractivity contribution is 7.80.